The van der Waals surface area contributed by atoms with E-state index in [1.54, 1.807) is 0 Å². The Morgan fingerprint density at radius 1 is 0.677 bits per heavy atom. The summed E-state index contributed by atoms with van der Waals surface area (Å²) in [5.74, 6) is -0.309. The summed E-state index contributed by atoms with van der Waals surface area (Å²) in [6, 6.07) is 25.6. The number of hydrogen-bond donors (Lipinski definition) is 0. The highest BCUT2D eigenvalue weighted by atomic mass is 32.2. The summed E-state index contributed by atoms with van der Waals surface area (Å²) in [5, 5.41) is 0. The minimum absolute atomic E-state index is 0.107. The average molecular weight is 434 g/mol. The van der Waals surface area contributed by atoms with E-state index in [1.165, 1.54) is 28.0 Å². The van der Waals surface area contributed by atoms with Crippen LogP contribution in [0, 0.1) is 0 Å². The predicted molar refractivity (Wildman–Crippen MR) is 130 cm³/mol. The van der Waals surface area contributed by atoms with E-state index in [-0.39, 0.29) is 27.7 Å². The summed E-state index contributed by atoms with van der Waals surface area (Å²) in [4.78, 5) is 15.7. The van der Waals surface area contributed by atoms with Crippen molar-refractivity contribution in [3.63, 3.8) is 0 Å². The molecule has 0 amide bonds. The van der Waals surface area contributed by atoms with Gasteiger partial charge in [-0.3, -0.25) is 0 Å². The lowest BCUT2D eigenvalue weighted by atomic mass is 9.87. The highest BCUT2D eigenvalue weighted by Crippen LogP contribution is 2.34. The Morgan fingerprint density at radius 3 is 1.52 bits per heavy atom. The van der Waals surface area contributed by atoms with Crippen molar-refractivity contribution in [1.29, 1.82) is 0 Å². The zero-order valence-corrected chi connectivity index (χ0v) is 20.5. The van der Waals surface area contributed by atoms with Gasteiger partial charge in [-0.15, -0.1) is 0 Å². The second-order valence-corrected chi connectivity index (χ2v) is 11.9. The summed E-state index contributed by atoms with van der Waals surface area (Å²) in [6.07, 6.45) is 0. The first kappa shape index (κ1) is 23.1. The molecule has 0 saturated carbocycles. The molecule has 31 heavy (non-hydrogen) atoms. The minimum Gasteiger partial charge on any atom is -0.465 e. The third-order valence-electron chi connectivity index (χ3n) is 5.40. The first-order valence-corrected chi connectivity index (χ1v) is 11.9. The number of hydrogen-bond acceptors (Lipinski definition) is 2. The zero-order valence-electron chi connectivity index (χ0n) is 19.7. The molecular formula is C28H33O2S+. The molecule has 0 N–H and O–H groups in total. The molecule has 0 bridgehead atoms. The molecule has 0 spiro atoms. The van der Waals surface area contributed by atoms with Gasteiger partial charge in [-0.1, -0.05) is 71.9 Å². The smallest absolute Gasteiger partial charge is 0.338 e. The van der Waals surface area contributed by atoms with Gasteiger partial charge in [-0.25, -0.2) is 4.79 Å². The molecule has 0 fully saturated rings. The molecule has 0 aliphatic rings. The van der Waals surface area contributed by atoms with Gasteiger partial charge in [0.15, 0.2) is 14.7 Å². The Hall–Kier alpha value is -2.52. The van der Waals surface area contributed by atoms with Crippen LogP contribution in [0.3, 0.4) is 0 Å². The van der Waals surface area contributed by atoms with E-state index in [1.807, 2.05) is 18.2 Å². The second kappa shape index (κ2) is 8.92. The normalized spacial score (nSPS) is 12.1. The van der Waals surface area contributed by atoms with Gasteiger partial charge in [0.2, 0.25) is 0 Å². The highest BCUT2D eigenvalue weighted by Gasteiger charge is 2.30. The molecular weight excluding hydrogens is 400 g/mol. The van der Waals surface area contributed by atoms with E-state index in [0.29, 0.717) is 5.56 Å². The Labute approximate surface area is 190 Å². The van der Waals surface area contributed by atoms with Crippen LogP contribution in [-0.4, -0.2) is 13.1 Å². The van der Waals surface area contributed by atoms with Crippen molar-refractivity contribution in [2.24, 2.45) is 0 Å². The molecule has 0 aromatic heterocycles. The summed E-state index contributed by atoms with van der Waals surface area (Å²) in [5.41, 5.74) is 3.42. The van der Waals surface area contributed by atoms with E-state index in [2.05, 4.69) is 96.1 Å². The fraction of sp³-hybridized carbons (Fsp3) is 0.321. The van der Waals surface area contributed by atoms with Crippen molar-refractivity contribution >= 4 is 16.9 Å². The van der Waals surface area contributed by atoms with E-state index in [0.717, 1.165) is 4.90 Å². The number of ether oxygens (including phenoxy) is 1. The number of rotatable bonds is 4. The van der Waals surface area contributed by atoms with Crippen molar-refractivity contribution in [3.05, 3.63) is 89.5 Å². The molecule has 3 aromatic carbocycles. The highest BCUT2D eigenvalue weighted by molar-refractivity contribution is 7.97. The molecule has 0 atom stereocenters. The molecule has 0 aliphatic carbocycles. The zero-order chi connectivity index (χ0) is 22.8. The molecule has 0 aliphatic heterocycles. The van der Waals surface area contributed by atoms with Gasteiger partial charge in [0.05, 0.1) is 23.6 Å². The first-order chi connectivity index (χ1) is 14.5. The topological polar surface area (TPSA) is 26.3 Å². The fourth-order valence-corrected chi connectivity index (χ4v) is 5.55. The van der Waals surface area contributed by atoms with Gasteiger partial charge in [0.25, 0.3) is 0 Å². The monoisotopic (exact) mass is 433 g/mol. The molecule has 3 heteroatoms. The Kier molecular flexibility index (Phi) is 6.66. The summed E-state index contributed by atoms with van der Waals surface area (Å²) in [7, 11) is 1.10. The molecule has 2 nitrogen and oxygen atoms in total. The largest absolute Gasteiger partial charge is 0.465 e. The van der Waals surface area contributed by atoms with Crippen LogP contribution in [0.4, 0.5) is 0 Å². The third kappa shape index (κ3) is 5.40. The lowest BCUT2D eigenvalue weighted by Gasteiger charge is -2.20. The Balaban J connectivity index is 2.12. The maximum atomic E-state index is 12.2. The third-order valence-corrected chi connectivity index (χ3v) is 7.62. The van der Waals surface area contributed by atoms with Gasteiger partial charge in [0, 0.05) is 6.07 Å². The van der Waals surface area contributed by atoms with Gasteiger partial charge in [-0.2, -0.15) is 0 Å². The molecule has 0 saturated heterocycles. The summed E-state index contributed by atoms with van der Waals surface area (Å²) < 4.78 is 4.95. The van der Waals surface area contributed by atoms with E-state index >= 15 is 0 Å². The second-order valence-electron chi connectivity index (χ2n) is 9.87. The van der Waals surface area contributed by atoms with Gasteiger partial charge < -0.3 is 4.74 Å². The number of esters is 1. The summed E-state index contributed by atoms with van der Waals surface area (Å²) >= 11 is 0. The van der Waals surface area contributed by atoms with Gasteiger partial charge in [-0.05, 0) is 58.4 Å². The van der Waals surface area contributed by atoms with Crippen molar-refractivity contribution in [3.8, 4) is 0 Å². The molecule has 162 valence electrons. The van der Waals surface area contributed by atoms with Crippen molar-refractivity contribution in [2.45, 2.75) is 67.1 Å². The van der Waals surface area contributed by atoms with Gasteiger partial charge >= 0.3 is 5.97 Å². The van der Waals surface area contributed by atoms with Crippen LogP contribution in [0.15, 0.2) is 87.5 Å². The van der Waals surface area contributed by atoms with Crippen LogP contribution in [0.2, 0.25) is 0 Å². The number of methoxy groups -OCH3 is 1. The lowest BCUT2D eigenvalue weighted by molar-refractivity contribution is 0.0600. The SMILES string of the molecule is COC(=O)c1cccc([S+](c2ccc(C(C)(C)C)cc2)c2ccc(C(C)(C)C)cc2)c1. The van der Waals surface area contributed by atoms with Crippen LogP contribution in [-0.2, 0) is 26.5 Å². The Morgan fingerprint density at radius 2 is 1.13 bits per heavy atom. The maximum absolute atomic E-state index is 12.2. The Bertz CT molecular complexity index is 979. The molecule has 0 radical (unpaired) electrons. The molecule has 3 aromatic rings. The van der Waals surface area contributed by atoms with Crippen LogP contribution in [0.1, 0.15) is 63.0 Å². The lowest BCUT2D eigenvalue weighted by Crippen LogP contribution is -2.13. The molecule has 0 unspecified atom stereocenters. The van der Waals surface area contributed by atoms with Crippen LogP contribution < -0.4 is 0 Å². The van der Waals surface area contributed by atoms with E-state index in [4.69, 9.17) is 4.74 Å². The van der Waals surface area contributed by atoms with Crippen LogP contribution in [0.25, 0.3) is 0 Å². The number of carbonyl (C=O) groups is 1. The fourth-order valence-electron chi connectivity index (χ4n) is 3.46. The van der Waals surface area contributed by atoms with E-state index in [9.17, 15) is 4.79 Å². The molecule has 3 rings (SSSR count). The summed E-state index contributed by atoms with van der Waals surface area (Å²) in [6.45, 7) is 13.4. The predicted octanol–water partition coefficient (Wildman–Crippen LogP) is 7.16. The van der Waals surface area contributed by atoms with Crippen molar-refractivity contribution < 1.29 is 9.53 Å². The maximum Gasteiger partial charge on any atom is 0.338 e. The number of benzene rings is 3. The molecule has 0 heterocycles. The quantitative estimate of drug-likeness (QED) is 0.322. The standard InChI is InChI=1S/C28H33O2S/c1-27(2,3)21-11-15-23(16-12-21)31(24-17-13-22(14-18-24)28(4,5)6)25-10-8-9-20(19-25)26(29)30-7/h8-19H,1-7H3/q+1. The van der Waals surface area contributed by atoms with Gasteiger partial charge in [0.1, 0.15) is 0 Å². The van der Waals surface area contributed by atoms with Crippen molar-refractivity contribution in [2.75, 3.05) is 7.11 Å². The first-order valence-electron chi connectivity index (χ1n) is 10.6. The van der Waals surface area contributed by atoms with E-state index < -0.39 is 0 Å². The average Bonchev–Trinajstić information content (AvgIpc) is 2.73. The minimum atomic E-state index is -0.321. The van der Waals surface area contributed by atoms with Crippen LogP contribution in [0.5, 0.6) is 0 Å². The van der Waals surface area contributed by atoms with Crippen molar-refractivity contribution in [1.82, 2.24) is 0 Å². The number of carbonyl (C=O) groups excluding carboxylic acids is 1. The van der Waals surface area contributed by atoms with Crippen LogP contribution >= 0.6 is 0 Å².